The molecule has 1 atom stereocenters. The Labute approximate surface area is 97.8 Å². The fourth-order valence-corrected chi connectivity index (χ4v) is 2.25. The van der Waals surface area contributed by atoms with E-state index in [4.69, 9.17) is 28.9 Å². The molecule has 3 nitrogen and oxygen atoms in total. The molecule has 1 amide bonds. The van der Waals surface area contributed by atoms with Gasteiger partial charge in [-0.25, -0.2) is 0 Å². The summed E-state index contributed by atoms with van der Waals surface area (Å²) in [5, 5.41) is 0.322. The summed E-state index contributed by atoms with van der Waals surface area (Å²) in [6, 6.07) is 5.18. The van der Waals surface area contributed by atoms with Gasteiger partial charge in [-0.15, -0.1) is 11.6 Å². The van der Waals surface area contributed by atoms with Crippen molar-refractivity contribution in [3.63, 3.8) is 0 Å². The van der Waals surface area contributed by atoms with Crippen LogP contribution in [0.5, 0.6) is 0 Å². The molecule has 1 heterocycles. The fraction of sp³-hybridized carbons (Fsp3) is 0.300. The van der Waals surface area contributed by atoms with Crippen LogP contribution in [0.15, 0.2) is 18.2 Å². The molecule has 1 fully saturated rings. The zero-order valence-corrected chi connectivity index (χ0v) is 9.42. The van der Waals surface area contributed by atoms with E-state index in [1.807, 2.05) is 0 Å². The van der Waals surface area contributed by atoms with E-state index in [0.29, 0.717) is 29.4 Å². The number of hydrogen-bond donors (Lipinski definition) is 1. The van der Waals surface area contributed by atoms with Gasteiger partial charge in [-0.05, 0) is 12.1 Å². The summed E-state index contributed by atoms with van der Waals surface area (Å²) in [6.07, 6.45) is 0.340. The minimum absolute atomic E-state index is 0.0326. The third-order valence-electron chi connectivity index (χ3n) is 2.37. The molecule has 0 aliphatic carbocycles. The summed E-state index contributed by atoms with van der Waals surface area (Å²) in [6.45, 7) is 0.467. The quantitative estimate of drug-likeness (QED) is 0.609. The molecule has 5 heteroatoms. The third kappa shape index (κ3) is 1.90. The SMILES string of the molecule is Nc1cccc(Cl)c1N1CC(Cl)CC1=O. The Kier molecular flexibility index (Phi) is 2.76. The number of benzene rings is 1. The van der Waals surface area contributed by atoms with Crippen LogP contribution in [0.1, 0.15) is 6.42 Å². The Morgan fingerprint density at radius 1 is 1.47 bits per heavy atom. The summed E-state index contributed by atoms with van der Waals surface area (Å²) >= 11 is 11.9. The Balaban J connectivity index is 2.41. The average molecular weight is 245 g/mol. The number of amides is 1. The Bertz CT molecular complexity index is 388. The van der Waals surface area contributed by atoms with Gasteiger partial charge in [0.05, 0.1) is 21.8 Å². The van der Waals surface area contributed by atoms with Crippen molar-refractivity contribution in [3.05, 3.63) is 23.2 Å². The minimum atomic E-state index is -0.159. The van der Waals surface area contributed by atoms with Gasteiger partial charge in [-0.3, -0.25) is 4.79 Å². The molecule has 2 N–H and O–H groups in total. The van der Waals surface area contributed by atoms with Crippen molar-refractivity contribution in [2.75, 3.05) is 17.2 Å². The lowest BCUT2D eigenvalue weighted by atomic mass is 10.2. The van der Waals surface area contributed by atoms with Crippen LogP contribution in [0.25, 0.3) is 0 Å². The van der Waals surface area contributed by atoms with Crippen LogP contribution in [0.4, 0.5) is 11.4 Å². The second-order valence-corrected chi connectivity index (χ2v) is 4.51. The van der Waals surface area contributed by atoms with Crippen LogP contribution in [0, 0.1) is 0 Å². The van der Waals surface area contributed by atoms with Gasteiger partial charge in [-0.2, -0.15) is 0 Å². The topological polar surface area (TPSA) is 46.3 Å². The summed E-state index contributed by atoms with van der Waals surface area (Å²) in [4.78, 5) is 13.2. The molecule has 1 aliphatic rings. The van der Waals surface area contributed by atoms with Crippen LogP contribution in [-0.4, -0.2) is 17.8 Å². The molecule has 0 radical (unpaired) electrons. The summed E-state index contributed by atoms with van der Waals surface area (Å²) in [7, 11) is 0. The minimum Gasteiger partial charge on any atom is -0.397 e. The summed E-state index contributed by atoms with van der Waals surface area (Å²) < 4.78 is 0. The molecule has 1 aromatic rings. The molecule has 0 spiro atoms. The Hall–Kier alpha value is -0.930. The monoisotopic (exact) mass is 244 g/mol. The van der Waals surface area contributed by atoms with E-state index >= 15 is 0 Å². The first-order valence-electron chi connectivity index (χ1n) is 4.58. The predicted molar refractivity (Wildman–Crippen MR) is 62.5 cm³/mol. The molecule has 80 valence electrons. The van der Waals surface area contributed by atoms with E-state index in [9.17, 15) is 4.79 Å². The summed E-state index contributed by atoms with van der Waals surface area (Å²) in [5.74, 6) is -0.0326. The van der Waals surface area contributed by atoms with Crippen LogP contribution < -0.4 is 10.6 Å². The Morgan fingerprint density at radius 3 is 2.73 bits per heavy atom. The maximum atomic E-state index is 11.6. The van der Waals surface area contributed by atoms with E-state index in [2.05, 4.69) is 0 Å². The van der Waals surface area contributed by atoms with E-state index in [1.165, 1.54) is 0 Å². The van der Waals surface area contributed by atoms with Crippen LogP contribution in [-0.2, 0) is 4.79 Å². The smallest absolute Gasteiger partial charge is 0.228 e. The van der Waals surface area contributed by atoms with Crippen molar-refractivity contribution in [2.45, 2.75) is 11.8 Å². The van der Waals surface area contributed by atoms with E-state index in [0.717, 1.165) is 0 Å². The Morgan fingerprint density at radius 2 is 2.20 bits per heavy atom. The standard InChI is InChI=1S/C10H10Cl2N2O/c11-6-4-9(15)14(5-6)10-7(12)2-1-3-8(10)13/h1-3,6H,4-5,13H2. The first-order chi connectivity index (χ1) is 7.09. The highest BCUT2D eigenvalue weighted by molar-refractivity contribution is 6.35. The molecular formula is C10H10Cl2N2O. The van der Waals surface area contributed by atoms with Gasteiger partial charge in [0.1, 0.15) is 0 Å². The van der Waals surface area contributed by atoms with Crippen LogP contribution in [0.3, 0.4) is 0 Å². The number of nitrogen functional groups attached to an aromatic ring is 1. The van der Waals surface area contributed by atoms with Gasteiger partial charge in [0, 0.05) is 13.0 Å². The maximum absolute atomic E-state index is 11.6. The van der Waals surface area contributed by atoms with Crippen molar-refractivity contribution in [1.82, 2.24) is 0 Å². The van der Waals surface area contributed by atoms with Crippen molar-refractivity contribution in [3.8, 4) is 0 Å². The molecule has 15 heavy (non-hydrogen) atoms. The predicted octanol–water partition coefficient (Wildman–Crippen LogP) is 2.27. The molecular weight excluding hydrogens is 235 g/mol. The lowest BCUT2D eigenvalue weighted by molar-refractivity contribution is -0.117. The molecule has 1 aromatic carbocycles. The van der Waals surface area contributed by atoms with Crippen LogP contribution in [0.2, 0.25) is 5.02 Å². The number of halogens is 2. The van der Waals surface area contributed by atoms with Gasteiger partial charge in [0.2, 0.25) is 5.91 Å². The first kappa shape index (κ1) is 10.6. The molecule has 1 saturated heterocycles. The lowest BCUT2D eigenvalue weighted by Gasteiger charge is -2.19. The second kappa shape index (κ2) is 3.91. The zero-order chi connectivity index (χ0) is 11.0. The normalized spacial score (nSPS) is 21.1. The number of nitrogens with zero attached hydrogens (tertiary/aromatic N) is 1. The second-order valence-electron chi connectivity index (χ2n) is 3.48. The van der Waals surface area contributed by atoms with Gasteiger partial charge in [0.15, 0.2) is 0 Å². The zero-order valence-electron chi connectivity index (χ0n) is 7.91. The number of nitrogens with two attached hydrogens (primary N) is 1. The maximum Gasteiger partial charge on any atom is 0.228 e. The number of carbonyl (C=O) groups is 1. The van der Waals surface area contributed by atoms with Gasteiger partial charge in [0.25, 0.3) is 0 Å². The van der Waals surface area contributed by atoms with Crippen molar-refractivity contribution in [1.29, 1.82) is 0 Å². The van der Waals surface area contributed by atoms with E-state index in [-0.39, 0.29) is 11.3 Å². The third-order valence-corrected chi connectivity index (χ3v) is 2.96. The number of hydrogen-bond acceptors (Lipinski definition) is 2. The number of anilines is 2. The largest absolute Gasteiger partial charge is 0.397 e. The van der Waals surface area contributed by atoms with Crippen molar-refractivity contribution < 1.29 is 4.79 Å². The van der Waals surface area contributed by atoms with Gasteiger partial charge < -0.3 is 10.6 Å². The van der Waals surface area contributed by atoms with Crippen molar-refractivity contribution >= 4 is 40.5 Å². The fourth-order valence-electron chi connectivity index (χ4n) is 1.70. The highest BCUT2D eigenvalue weighted by atomic mass is 35.5. The van der Waals surface area contributed by atoms with E-state index < -0.39 is 0 Å². The molecule has 0 saturated carbocycles. The highest BCUT2D eigenvalue weighted by Crippen LogP contribution is 2.35. The number of carbonyl (C=O) groups excluding carboxylic acids is 1. The molecule has 0 bridgehead atoms. The van der Waals surface area contributed by atoms with Crippen LogP contribution >= 0.6 is 23.2 Å². The number of alkyl halides is 1. The number of para-hydroxylation sites is 1. The molecule has 1 aliphatic heterocycles. The van der Waals surface area contributed by atoms with Crippen molar-refractivity contribution in [2.24, 2.45) is 0 Å². The summed E-state index contributed by atoms with van der Waals surface area (Å²) in [5.41, 5.74) is 6.87. The lowest BCUT2D eigenvalue weighted by Crippen LogP contribution is -2.25. The average Bonchev–Trinajstić information content (AvgIpc) is 2.45. The first-order valence-corrected chi connectivity index (χ1v) is 5.39. The van der Waals surface area contributed by atoms with Gasteiger partial charge >= 0.3 is 0 Å². The molecule has 1 unspecified atom stereocenters. The highest BCUT2D eigenvalue weighted by Gasteiger charge is 2.31. The van der Waals surface area contributed by atoms with Gasteiger partial charge in [-0.1, -0.05) is 17.7 Å². The molecule has 2 rings (SSSR count). The van der Waals surface area contributed by atoms with E-state index in [1.54, 1.807) is 23.1 Å². The molecule has 0 aromatic heterocycles. The number of rotatable bonds is 1.